The Hall–Kier alpha value is -3.44. The van der Waals surface area contributed by atoms with E-state index < -0.39 is 41.1 Å². The molecule has 7 rings (SSSR count). The molecule has 3 atom stereocenters. The van der Waals surface area contributed by atoms with E-state index in [-0.39, 0.29) is 6.42 Å². The Morgan fingerprint density at radius 2 is 1.36 bits per heavy atom. The zero-order chi connectivity index (χ0) is 23.0. The lowest BCUT2D eigenvalue weighted by Gasteiger charge is -2.58. The van der Waals surface area contributed by atoms with Crippen molar-refractivity contribution in [2.45, 2.75) is 49.3 Å². The quantitative estimate of drug-likeness (QED) is 0.654. The Balaban J connectivity index is 1.48. The zero-order valence-electron chi connectivity index (χ0n) is 18.6. The van der Waals surface area contributed by atoms with Gasteiger partial charge in [0.15, 0.2) is 0 Å². The van der Waals surface area contributed by atoms with Crippen LogP contribution in [-0.4, -0.2) is 34.2 Å². The van der Waals surface area contributed by atoms with E-state index in [2.05, 4.69) is 38.1 Å². The smallest absolute Gasteiger partial charge is 0.417 e. The number of nitrogens with zero attached hydrogens (tertiary/aromatic N) is 1. The summed E-state index contributed by atoms with van der Waals surface area (Å²) in [5, 5.41) is 10.7. The highest BCUT2D eigenvalue weighted by molar-refractivity contribution is 5.95. The largest absolute Gasteiger partial charge is 0.442 e. The number of hydrogen-bond acceptors (Lipinski definition) is 4. The van der Waals surface area contributed by atoms with Crippen LogP contribution in [0, 0.1) is 0 Å². The Morgan fingerprint density at radius 1 is 0.879 bits per heavy atom. The van der Waals surface area contributed by atoms with Gasteiger partial charge in [0.25, 0.3) is 0 Å². The first-order valence-electron chi connectivity index (χ1n) is 11.3. The molecule has 0 saturated carbocycles. The molecule has 3 aliphatic carbocycles. The predicted octanol–water partition coefficient (Wildman–Crippen LogP) is 4.47. The first-order chi connectivity index (χ1) is 15.9. The molecule has 1 aliphatic heterocycles. The van der Waals surface area contributed by atoms with Crippen LogP contribution >= 0.6 is 0 Å². The van der Waals surface area contributed by atoms with Gasteiger partial charge in [-0.25, -0.2) is 9.69 Å². The second-order valence-corrected chi connectivity index (χ2v) is 9.64. The molecule has 0 radical (unpaired) electrons. The number of aliphatic hydroxyl groups is 1. The maximum atomic E-state index is 13.5. The number of ether oxygens (including phenoxy) is 1. The second kappa shape index (κ2) is 6.78. The average Bonchev–Trinajstić information content (AvgIpc) is 3.21. The van der Waals surface area contributed by atoms with Crippen LogP contribution < -0.4 is 0 Å². The molecule has 5 nitrogen and oxygen atoms in total. The number of amides is 2. The number of rotatable bonds is 3. The lowest BCUT2D eigenvalue weighted by molar-refractivity contribution is -0.132. The van der Waals surface area contributed by atoms with E-state index in [1.807, 2.05) is 42.5 Å². The highest BCUT2D eigenvalue weighted by Crippen LogP contribution is 2.62. The molecule has 1 N–H and O–H groups in total. The predicted molar refractivity (Wildman–Crippen MR) is 123 cm³/mol. The normalized spacial score (nSPS) is 29.7. The van der Waals surface area contributed by atoms with Crippen molar-refractivity contribution in [1.82, 2.24) is 4.90 Å². The molecule has 5 heteroatoms. The summed E-state index contributed by atoms with van der Waals surface area (Å²) in [7, 11) is 0. The summed E-state index contributed by atoms with van der Waals surface area (Å²) < 4.78 is 5.99. The molecule has 1 saturated heterocycles. The lowest BCUT2D eigenvalue weighted by Crippen LogP contribution is -2.66. The van der Waals surface area contributed by atoms with E-state index in [0.717, 1.165) is 22.3 Å². The molecule has 3 aromatic carbocycles. The molecular weight excluding hydrogens is 414 g/mol. The van der Waals surface area contributed by atoms with Gasteiger partial charge in [-0.05, 0) is 41.7 Å². The monoisotopic (exact) mass is 439 g/mol. The molecule has 2 amide bonds. The van der Waals surface area contributed by atoms with Crippen molar-refractivity contribution in [2.75, 3.05) is 0 Å². The number of imide groups is 1. The minimum absolute atomic E-state index is 0.182. The van der Waals surface area contributed by atoms with Gasteiger partial charge in [0.1, 0.15) is 6.10 Å². The van der Waals surface area contributed by atoms with Gasteiger partial charge in [0.05, 0.1) is 24.0 Å². The molecule has 166 valence electrons. The fourth-order valence-electron chi connectivity index (χ4n) is 6.48. The Kier molecular flexibility index (Phi) is 4.15. The van der Waals surface area contributed by atoms with E-state index in [0.29, 0.717) is 5.56 Å². The van der Waals surface area contributed by atoms with E-state index in [4.69, 9.17) is 4.74 Å². The van der Waals surface area contributed by atoms with Crippen molar-refractivity contribution in [2.24, 2.45) is 0 Å². The van der Waals surface area contributed by atoms with E-state index in [1.54, 1.807) is 12.1 Å². The minimum atomic E-state index is -0.991. The first kappa shape index (κ1) is 20.2. The molecule has 33 heavy (non-hydrogen) atoms. The number of aliphatic hydroxyl groups excluding tert-OH is 1. The van der Waals surface area contributed by atoms with Gasteiger partial charge >= 0.3 is 6.09 Å². The van der Waals surface area contributed by atoms with Gasteiger partial charge in [-0.3, -0.25) is 4.79 Å². The second-order valence-electron chi connectivity index (χ2n) is 9.64. The van der Waals surface area contributed by atoms with Crippen LogP contribution in [0.5, 0.6) is 0 Å². The molecule has 1 heterocycles. The zero-order valence-corrected chi connectivity index (χ0v) is 18.6. The molecule has 2 bridgehead atoms. The van der Waals surface area contributed by atoms with Crippen molar-refractivity contribution in [1.29, 1.82) is 0 Å². The summed E-state index contributed by atoms with van der Waals surface area (Å²) >= 11 is 0. The maximum Gasteiger partial charge on any atom is 0.417 e. The van der Waals surface area contributed by atoms with Crippen molar-refractivity contribution < 1.29 is 19.4 Å². The summed E-state index contributed by atoms with van der Waals surface area (Å²) in [5.41, 5.74) is 3.97. The summed E-state index contributed by atoms with van der Waals surface area (Å²) in [6, 6.07) is 25.0. The van der Waals surface area contributed by atoms with Crippen LogP contribution in [0.4, 0.5) is 4.79 Å². The van der Waals surface area contributed by atoms with Gasteiger partial charge in [0.2, 0.25) is 5.91 Å². The first-order valence-corrected chi connectivity index (χ1v) is 11.3. The fraction of sp³-hybridized carbons (Fsp3) is 0.286. The van der Waals surface area contributed by atoms with Gasteiger partial charge in [-0.1, -0.05) is 78.9 Å². The minimum Gasteiger partial charge on any atom is -0.442 e. The highest BCUT2D eigenvalue weighted by Gasteiger charge is 2.69. The Bertz CT molecular complexity index is 1240. The topological polar surface area (TPSA) is 66.8 Å². The van der Waals surface area contributed by atoms with Gasteiger partial charge in [-0.2, -0.15) is 0 Å². The molecule has 3 aromatic rings. The van der Waals surface area contributed by atoms with Crippen molar-refractivity contribution in [3.8, 4) is 0 Å². The third-order valence-electron chi connectivity index (χ3n) is 8.06. The Morgan fingerprint density at radius 3 is 1.91 bits per heavy atom. The summed E-state index contributed by atoms with van der Waals surface area (Å²) in [6.07, 6.45) is -2.31. The van der Waals surface area contributed by atoms with Crippen molar-refractivity contribution >= 4 is 12.0 Å². The standard InChI is InChI=1S/C28H25NO4/c1-27-18-12-6-8-14-20(18)28(2,21-15-9-7-13-19(21)27)25-24(27)29(26(32)33-25)23(31)16-22(30)17-10-4-3-5-11-17/h3-15,22,24-25,30H,16H2,1-2H3/t22-,24-,25+,27?,28?/m1/s1. The third kappa shape index (κ3) is 2.46. The van der Waals surface area contributed by atoms with Crippen LogP contribution in [0.3, 0.4) is 0 Å². The van der Waals surface area contributed by atoms with E-state index in [1.165, 1.54) is 4.90 Å². The Labute approximate surface area is 192 Å². The number of hydrogen-bond donors (Lipinski definition) is 1. The molecule has 0 unspecified atom stereocenters. The summed E-state index contributed by atoms with van der Waals surface area (Å²) in [6.45, 7) is 4.22. The van der Waals surface area contributed by atoms with Crippen LogP contribution in [0.1, 0.15) is 54.2 Å². The molecule has 1 fully saturated rings. The number of carbonyl (C=O) groups is 2. The van der Waals surface area contributed by atoms with Crippen LogP contribution in [0.25, 0.3) is 0 Å². The number of carbonyl (C=O) groups excluding carboxylic acids is 2. The highest BCUT2D eigenvalue weighted by atomic mass is 16.6. The van der Waals surface area contributed by atoms with Gasteiger partial charge < -0.3 is 9.84 Å². The fourth-order valence-corrected chi connectivity index (χ4v) is 6.48. The summed E-state index contributed by atoms with van der Waals surface area (Å²) in [4.78, 5) is 28.0. The molecule has 0 aromatic heterocycles. The van der Waals surface area contributed by atoms with Crippen molar-refractivity contribution in [3.05, 3.63) is 107 Å². The van der Waals surface area contributed by atoms with Crippen LogP contribution in [0.15, 0.2) is 78.9 Å². The van der Waals surface area contributed by atoms with Gasteiger partial charge in [-0.15, -0.1) is 0 Å². The summed E-state index contributed by atoms with van der Waals surface area (Å²) in [5.74, 6) is -0.420. The molecule has 0 spiro atoms. The number of benzene rings is 3. The van der Waals surface area contributed by atoms with Crippen molar-refractivity contribution in [3.63, 3.8) is 0 Å². The molecule has 4 aliphatic rings. The van der Waals surface area contributed by atoms with Gasteiger partial charge in [0, 0.05) is 5.41 Å². The SMILES string of the molecule is CC12c3ccccc3C(C)(c3ccccc31)[C@H]1[C@@H]2OC(=O)N1C(=O)C[C@@H](O)c1ccccc1. The van der Waals surface area contributed by atoms with E-state index >= 15 is 0 Å². The average molecular weight is 440 g/mol. The third-order valence-corrected chi connectivity index (χ3v) is 8.06. The maximum absolute atomic E-state index is 13.5. The lowest BCUT2D eigenvalue weighted by atomic mass is 9.47. The van der Waals surface area contributed by atoms with Crippen LogP contribution in [-0.2, 0) is 20.4 Å². The molecular formula is C28H25NO4. The van der Waals surface area contributed by atoms with E-state index in [9.17, 15) is 14.7 Å². The van der Waals surface area contributed by atoms with Crippen LogP contribution in [0.2, 0.25) is 0 Å².